The number of benzene rings is 1. The molecule has 1 aromatic carbocycles. The number of piperazine rings is 1. The lowest BCUT2D eigenvalue weighted by Crippen LogP contribution is -2.52. The van der Waals surface area contributed by atoms with E-state index < -0.39 is 22.6 Å². The van der Waals surface area contributed by atoms with Gasteiger partial charge in [-0.15, -0.1) is 0 Å². The van der Waals surface area contributed by atoms with E-state index in [-0.39, 0.29) is 55.8 Å². The van der Waals surface area contributed by atoms with Crippen LogP contribution in [-0.2, 0) is 14.8 Å². The monoisotopic (exact) mass is 453 g/mol. The third-order valence-corrected chi connectivity index (χ3v) is 6.68. The maximum absolute atomic E-state index is 13.0. The summed E-state index contributed by atoms with van der Waals surface area (Å²) >= 11 is 0. The number of ether oxygens (including phenoxy) is 2. The lowest BCUT2D eigenvalue weighted by atomic mass is 10.3. The first-order valence-electron chi connectivity index (χ1n) is 9.23. The number of carbonyl (C=O) groups is 1. The van der Waals surface area contributed by atoms with Gasteiger partial charge in [0.05, 0.1) is 27.2 Å². The highest BCUT2D eigenvalue weighted by molar-refractivity contribution is 7.89. The number of hydrogen-bond donors (Lipinski definition) is 0. The summed E-state index contributed by atoms with van der Waals surface area (Å²) in [6.07, 6.45) is -5.27. The molecule has 0 saturated carbocycles. The number of hydrogen-bond acceptors (Lipinski definition) is 6. The average Bonchev–Trinajstić information content (AvgIpc) is 2.71. The van der Waals surface area contributed by atoms with Crippen molar-refractivity contribution in [3.63, 3.8) is 0 Å². The van der Waals surface area contributed by atoms with E-state index in [1.165, 1.54) is 47.5 Å². The smallest absolute Gasteiger partial charge is 0.390 e. The fourth-order valence-corrected chi connectivity index (χ4v) is 4.62. The van der Waals surface area contributed by atoms with Gasteiger partial charge in [-0.1, -0.05) is 0 Å². The van der Waals surface area contributed by atoms with Crippen molar-refractivity contribution in [3.8, 4) is 11.5 Å². The molecule has 1 aromatic rings. The third-order valence-electron chi connectivity index (χ3n) is 4.76. The van der Waals surface area contributed by atoms with Crippen LogP contribution in [0.15, 0.2) is 23.1 Å². The number of likely N-dealkylation sites (N-methyl/N-ethyl adjacent to an activating group) is 1. The molecule has 1 aliphatic rings. The van der Waals surface area contributed by atoms with Crippen LogP contribution in [-0.4, -0.2) is 95.1 Å². The first-order valence-corrected chi connectivity index (χ1v) is 10.7. The highest BCUT2D eigenvalue weighted by Gasteiger charge is 2.33. The summed E-state index contributed by atoms with van der Waals surface area (Å²) in [5.74, 6) is 0.210. The van der Waals surface area contributed by atoms with E-state index in [1.54, 1.807) is 6.07 Å². The molecule has 0 bridgehead atoms. The maximum atomic E-state index is 13.0. The zero-order valence-corrected chi connectivity index (χ0v) is 17.9. The van der Waals surface area contributed by atoms with E-state index in [2.05, 4.69) is 0 Å². The van der Waals surface area contributed by atoms with Crippen LogP contribution >= 0.6 is 0 Å². The number of carbonyl (C=O) groups excluding carboxylic acids is 1. The minimum Gasteiger partial charge on any atom is -0.497 e. The Bertz CT molecular complexity index is 840. The Hall–Kier alpha value is -2.05. The van der Waals surface area contributed by atoms with Gasteiger partial charge in [0.15, 0.2) is 0 Å². The second-order valence-corrected chi connectivity index (χ2v) is 8.81. The van der Waals surface area contributed by atoms with Crippen LogP contribution in [0, 0.1) is 0 Å². The largest absolute Gasteiger partial charge is 0.497 e. The van der Waals surface area contributed by atoms with Crippen molar-refractivity contribution >= 4 is 15.9 Å². The molecule has 0 atom stereocenters. The average molecular weight is 453 g/mol. The van der Waals surface area contributed by atoms with Crippen molar-refractivity contribution in [2.45, 2.75) is 17.5 Å². The summed E-state index contributed by atoms with van der Waals surface area (Å²) in [7, 11) is 0.357. The molecular weight excluding hydrogens is 427 g/mol. The van der Waals surface area contributed by atoms with Gasteiger partial charge in [-0.2, -0.15) is 17.5 Å². The zero-order valence-electron chi connectivity index (χ0n) is 17.1. The van der Waals surface area contributed by atoms with Crippen LogP contribution in [0.25, 0.3) is 0 Å². The van der Waals surface area contributed by atoms with Crippen LogP contribution in [0.3, 0.4) is 0 Å². The molecule has 170 valence electrons. The van der Waals surface area contributed by atoms with E-state index in [0.29, 0.717) is 5.75 Å². The van der Waals surface area contributed by atoms with E-state index in [0.717, 1.165) is 0 Å². The number of methoxy groups -OCH3 is 2. The minimum absolute atomic E-state index is 0.0315. The van der Waals surface area contributed by atoms with Crippen molar-refractivity contribution in [3.05, 3.63) is 18.2 Å². The summed E-state index contributed by atoms with van der Waals surface area (Å²) in [5.41, 5.74) is 0. The fraction of sp³-hybridized carbons (Fsp3) is 0.611. The predicted octanol–water partition coefficient (Wildman–Crippen LogP) is 1.42. The third kappa shape index (κ3) is 6.22. The SMILES string of the molecule is COc1ccc(OC)c(S(=O)(=O)N2CCN(C(=O)CN(C)CCC(F)(F)F)CC2)c1. The molecule has 1 fully saturated rings. The van der Waals surface area contributed by atoms with E-state index >= 15 is 0 Å². The first kappa shape index (κ1) is 24.2. The predicted molar refractivity (Wildman–Crippen MR) is 103 cm³/mol. The highest BCUT2D eigenvalue weighted by Crippen LogP contribution is 2.31. The zero-order chi connectivity index (χ0) is 22.5. The molecular formula is C18H26F3N3O5S. The molecule has 12 heteroatoms. The van der Waals surface area contributed by atoms with Gasteiger partial charge >= 0.3 is 6.18 Å². The van der Waals surface area contributed by atoms with Gasteiger partial charge in [-0.05, 0) is 19.2 Å². The van der Waals surface area contributed by atoms with Crippen molar-refractivity contribution < 1.29 is 35.9 Å². The molecule has 8 nitrogen and oxygen atoms in total. The topological polar surface area (TPSA) is 79.4 Å². The molecule has 0 aromatic heterocycles. The van der Waals surface area contributed by atoms with Crippen molar-refractivity contribution in [1.29, 1.82) is 0 Å². The lowest BCUT2D eigenvalue weighted by Gasteiger charge is -2.35. The fourth-order valence-electron chi connectivity index (χ4n) is 3.03. The molecule has 1 amide bonds. The van der Waals surface area contributed by atoms with Crippen LogP contribution < -0.4 is 9.47 Å². The molecule has 1 saturated heterocycles. The van der Waals surface area contributed by atoms with Gasteiger partial charge in [0.2, 0.25) is 15.9 Å². The Morgan fingerprint density at radius 3 is 2.30 bits per heavy atom. The number of nitrogens with zero attached hydrogens (tertiary/aromatic N) is 3. The molecule has 0 unspecified atom stereocenters. The Morgan fingerprint density at radius 2 is 1.77 bits per heavy atom. The summed E-state index contributed by atoms with van der Waals surface area (Å²) in [4.78, 5) is 15.1. The Morgan fingerprint density at radius 1 is 1.13 bits per heavy atom. The highest BCUT2D eigenvalue weighted by atomic mass is 32.2. The summed E-state index contributed by atoms with van der Waals surface area (Å²) in [6, 6.07) is 4.47. The number of halogens is 3. The molecule has 0 aliphatic carbocycles. The van der Waals surface area contributed by atoms with Crippen molar-refractivity contribution in [2.75, 3.05) is 60.5 Å². The number of alkyl halides is 3. The Kier molecular flexibility index (Phi) is 7.94. The van der Waals surface area contributed by atoms with Crippen LogP contribution in [0.1, 0.15) is 6.42 Å². The Balaban J connectivity index is 1.99. The van der Waals surface area contributed by atoms with Gasteiger partial charge in [-0.25, -0.2) is 8.42 Å². The van der Waals surface area contributed by atoms with Crippen molar-refractivity contribution in [2.24, 2.45) is 0 Å². The first-order chi connectivity index (χ1) is 14.0. The quantitative estimate of drug-likeness (QED) is 0.593. The standard InChI is InChI=1S/C18H26F3N3O5S/c1-22(7-6-18(19,20)21)13-17(25)23-8-10-24(11-9-23)30(26,27)16-12-14(28-2)4-5-15(16)29-3/h4-5,12H,6-11,13H2,1-3H3. The summed E-state index contributed by atoms with van der Waals surface area (Å²) in [6.45, 7) is 0.00206. The van der Waals surface area contributed by atoms with Gasteiger partial charge in [-0.3, -0.25) is 9.69 Å². The molecule has 2 rings (SSSR count). The Labute approximate surface area is 174 Å². The number of rotatable bonds is 8. The molecule has 30 heavy (non-hydrogen) atoms. The van der Waals surface area contributed by atoms with Gasteiger partial charge in [0, 0.05) is 38.8 Å². The summed E-state index contributed by atoms with van der Waals surface area (Å²) in [5, 5.41) is 0. The second kappa shape index (κ2) is 9.84. The van der Waals surface area contributed by atoms with Crippen LogP contribution in [0.4, 0.5) is 13.2 Å². The molecule has 0 N–H and O–H groups in total. The number of amides is 1. The second-order valence-electron chi connectivity index (χ2n) is 6.90. The van der Waals surface area contributed by atoms with Gasteiger partial charge in [0.1, 0.15) is 16.4 Å². The molecule has 1 heterocycles. The van der Waals surface area contributed by atoms with Crippen LogP contribution in [0.2, 0.25) is 0 Å². The van der Waals surface area contributed by atoms with E-state index in [4.69, 9.17) is 9.47 Å². The molecule has 0 radical (unpaired) electrons. The van der Waals surface area contributed by atoms with E-state index in [9.17, 15) is 26.4 Å². The molecule has 1 aliphatic heterocycles. The van der Waals surface area contributed by atoms with Gasteiger partial charge < -0.3 is 14.4 Å². The van der Waals surface area contributed by atoms with Crippen molar-refractivity contribution in [1.82, 2.24) is 14.1 Å². The van der Waals surface area contributed by atoms with Crippen LogP contribution in [0.5, 0.6) is 11.5 Å². The minimum atomic E-state index is -4.28. The normalized spacial score (nSPS) is 16.0. The van der Waals surface area contributed by atoms with E-state index in [1.807, 2.05) is 0 Å². The number of sulfonamides is 1. The summed E-state index contributed by atoms with van der Waals surface area (Å²) < 4.78 is 74.5. The molecule has 0 spiro atoms. The lowest BCUT2D eigenvalue weighted by molar-refractivity contribution is -0.141. The maximum Gasteiger partial charge on any atom is 0.390 e. The van der Waals surface area contributed by atoms with Gasteiger partial charge in [0.25, 0.3) is 0 Å².